The maximum absolute atomic E-state index is 13.4. The number of rotatable bonds is 4. The summed E-state index contributed by atoms with van der Waals surface area (Å²) in [7, 11) is 1.58. The number of methoxy groups -OCH3 is 1. The van der Waals surface area contributed by atoms with Crippen LogP contribution in [0, 0.1) is 0 Å². The molecule has 150 valence electrons. The van der Waals surface area contributed by atoms with Gasteiger partial charge in [0.25, 0.3) is 5.91 Å². The van der Waals surface area contributed by atoms with Gasteiger partial charge in [-0.3, -0.25) is 9.79 Å². The Morgan fingerprint density at radius 1 is 1.00 bits per heavy atom. The quantitative estimate of drug-likeness (QED) is 0.648. The summed E-state index contributed by atoms with van der Waals surface area (Å²) >= 11 is 0. The molecule has 0 aliphatic carbocycles. The lowest BCUT2D eigenvalue weighted by atomic mass is 9.94. The zero-order chi connectivity index (χ0) is 20.5. The van der Waals surface area contributed by atoms with Gasteiger partial charge >= 0.3 is 0 Å². The molecule has 2 aliphatic rings. The van der Waals surface area contributed by atoms with Crippen molar-refractivity contribution in [3.8, 4) is 11.5 Å². The molecule has 0 N–H and O–H groups in total. The second-order valence-electron chi connectivity index (χ2n) is 7.55. The van der Waals surface area contributed by atoms with Crippen molar-refractivity contribution >= 4 is 17.8 Å². The summed E-state index contributed by atoms with van der Waals surface area (Å²) in [5, 5.41) is 0. The molecule has 5 nitrogen and oxygen atoms in total. The lowest BCUT2D eigenvalue weighted by molar-refractivity contribution is 0.0703. The number of hydrogen-bond donors (Lipinski definition) is 0. The number of amides is 1. The van der Waals surface area contributed by atoms with Crippen molar-refractivity contribution < 1.29 is 14.3 Å². The Labute approximate surface area is 175 Å². The number of carbonyl (C=O) groups excluding carboxylic acids is 1. The van der Waals surface area contributed by atoms with Crippen LogP contribution in [0.2, 0.25) is 0 Å². The van der Waals surface area contributed by atoms with Crippen LogP contribution in [-0.2, 0) is 19.6 Å². The van der Waals surface area contributed by atoms with Crippen LogP contribution >= 0.6 is 0 Å². The maximum atomic E-state index is 13.4. The van der Waals surface area contributed by atoms with Gasteiger partial charge < -0.3 is 14.4 Å². The Bertz CT molecular complexity index is 1120. The first-order valence-corrected chi connectivity index (χ1v) is 10.0. The van der Waals surface area contributed by atoms with Crippen LogP contribution in [0.5, 0.6) is 11.5 Å². The molecular weight excluding hydrogens is 376 g/mol. The fourth-order valence-electron chi connectivity index (χ4n) is 4.06. The minimum atomic E-state index is -0.0560. The van der Waals surface area contributed by atoms with E-state index in [2.05, 4.69) is 17.1 Å². The van der Waals surface area contributed by atoms with Crippen LogP contribution in [0.3, 0.4) is 0 Å². The van der Waals surface area contributed by atoms with E-state index in [9.17, 15) is 4.79 Å². The zero-order valence-electron chi connectivity index (χ0n) is 16.7. The third-order valence-electron chi connectivity index (χ3n) is 5.68. The van der Waals surface area contributed by atoms with Crippen LogP contribution in [0.25, 0.3) is 0 Å². The van der Waals surface area contributed by atoms with E-state index in [1.807, 2.05) is 53.6 Å². The van der Waals surface area contributed by atoms with E-state index < -0.39 is 0 Å². The van der Waals surface area contributed by atoms with Crippen molar-refractivity contribution in [2.24, 2.45) is 4.99 Å². The van der Waals surface area contributed by atoms with Crippen molar-refractivity contribution in [1.82, 2.24) is 4.90 Å². The highest BCUT2D eigenvalue weighted by molar-refractivity contribution is 6.03. The first-order valence-electron chi connectivity index (χ1n) is 10.0. The van der Waals surface area contributed by atoms with Crippen molar-refractivity contribution in [3.05, 3.63) is 89.0 Å². The van der Waals surface area contributed by atoms with Crippen molar-refractivity contribution in [2.75, 3.05) is 7.11 Å². The molecule has 2 aliphatic heterocycles. The van der Waals surface area contributed by atoms with Crippen LogP contribution in [-0.4, -0.2) is 30.2 Å². The third-order valence-corrected chi connectivity index (χ3v) is 5.68. The number of ether oxygens (including phenoxy) is 2. The lowest BCUT2D eigenvalue weighted by Gasteiger charge is -2.34. The first-order chi connectivity index (χ1) is 14.7. The molecule has 1 atom stereocenters. The number of carbonyl (C=O) groups is 1. The van der Waals surface area contributed by atoms with Gasteiger partial charge in [0.05, 0.1) is 24.4 Å². The average molecular weight is 398 g/mol. The van der Waals surface area contributed by atoms with Gasteiger partial charge in [-0.15, -0.1) is 0 Å². The largest absolute Gasteiger partial charge is 0.493 e. The Morgan fingerprint density at radius 2 is 1.77 bits per heavy atom. The smallest absolute Gasteiger partial charge is 0.257 e. The highest BCUT2D eigenvalue weighted by Crippen LogP contribution is 2.38. The van der Waals surface area contributed by atoms with Crippen LogP contribution in [0.1, 0.15) is 27.0 Å². The summed E-state index contributed by atoms with van der Waals surface area (Å²) in [6.07, 6.45) is 2.65. The monoisotopic (exact) mass is 398 g/mol. The van der Waals surface area contributed by atoms with Gasteiger partial charge in [-0.1, -0.05) is 54.6 Å². The topological polar surface area (TPSA) is 51.1 Å². The fraction of sp³-hybridized carbons (Fsp3) is 0.200. The molecule has 5 heteroatoms. The van der Waals surface area contributed by atoms with E-state index >= 15 is 0 Å². The molecule has 1 amide bonds. The molecule has 2 heterocycles. The third kappa shape index (κ3) is 3.32. The van der Waals surface area contributed by atoms with Crippen molar-refractivity contribution in [1.29, 1.82) is 0 Å². The highest BCUT2D eigenvalue weighted by Gasteiger charge is 2.33. The molecule has 30 heavy (non-hydrogen) atoms. The first kappa shape index (κ1) is 18.4. The molecule has 3 aromatic carbocycles. The molecule has 0 spiro atoms. The van der Waals surface area contributed by atoms with Gasteiger partial charge in [0.1, 0.15) is 6.61 Å². The second-order valence-corrected chi connectivity index (χ2v) is 7.55. The van der Waals surface area contributed by atoms with Gasteiger partial charge in [0.2, 0.25) is 0 Å². The Kier molecular flexibility index (Phi) is 4.71. The zero-order valence-corrected chi connectivity index (χ0v) is 16.7. The number of hydrogen-bond acceptors (Lipinski definition) is 4. The molecule has 0 bridgehead atoms. The molecule has 0 saturated carbocycles. The SMILES string of the molecule is COc1cc2c(cc1OCc1ccccc1)N=CC1Cc3ccccc3CN1C2=O. The Balaban J connectivity index is 1.47. The summed E-state index contributed by atoms with van der Waals surface area (Å²) in [5.41, 5.74) is 4.67. The summed E-state index contributed by atoms with van der Waals surface area (Å²) in [6.45, 7) is 0.997. The standard InChI is InChI=1S/C25H22N2O3/c1-29-23-12-21-22(13-24(23)30-16-17-7-3-2-4-8-17)26-14-20-11-18-9-5-6-10-19(18)15-27(20)25(21)28/h2-10,12-14,20H,11,15-16H2,1H3. The van der Waals surface area contributed by atoms with E-state index in [1.54, 1.807) is 19.2 Å². The lowest BCUT2D eigenvalue weighted by Crippen LogP contribution is -2.44. The normalized spacial score (nSPS) is 16.9. The second kappa shape index (κ2) is 7.67. The van der Waals surface area contributed by atoms with E-state index in [4.69, 9.17) is 9.47 Å². The summed E-state index contributed by atoms with van der Waals surface area (Å²) in [5.74, 6) is 1.08. The van der Waals surface area contributed by atoms with Crippen molar-refractivity contribution in [2.45, 2.75) is 25.6 Å². The minimum absolute atomic E-state index is 0.0325. The molecule has 3 aromatic rings. The molecule has 0 aromatic heterocycles. The molecule has 0 saturated heterocycles. The van der Waals surface area contributed by atoms with Gasteiger partial charge in [-0.05, 0) is 29.2 Å². The minimum Gasteiger partial charge on any atom is -0.493 e. The van der Waals surface area contributed by atoms with Gasteiger partial charge in [-0.25, -0.2) is 0 Å². The summed E-state index contributed by atoms with van der Waals surface area (Å²) < 4.78 is 11.5. The van der Waals surface area contributed by atoms with Gasteiger partial charge in [0, 0.05) is 18.8 Å². The van der Waals surface area contributed by atoms with Gasteiger partial charge in [0.15, 0.2) is 11.5 Å². The van der Waals surface area contributed by atoms with E-state index in [1.165, 1.54) is 11.1 Å². The van der Waals surface area contributed by atoms with E-state index in [0.29, 0.717) is 35.9 Å². The summed E-state index contributed by atoms with van der Waals surface area (Å²) in [4.78, 5) is 19.9. The predicted octanol–water partition coefficient (Wildman–Crippen LogP) is 4.56. The highest BCUT2D eigenvalue weighted by atomic mass is 16.5. The molecular formula is C25H22N2O3. The fourth-order valence-corrected chi connectivity index (χ4v) is 4.06. The molecule has 1 unspecified atom stereocenters. The van der Waals surface area contributed by atoms with E-state index in [-0.39, 0.29) is 11.9 Å². The summed E-state index contributed by atoms with van der Waals surface area (Å²) in [6, 6.07) is 21.7. The Morgan fingerprint density at radius 3 is 2.57 bits per heavy atom. The Hall–Kier alpha value is -3.60. The van der Waals surface area contributed by atoms with Crippen molar-refractivity contribution in [3.63, 3.8) is 0 Å². The molecule has 0 radical (unpaired) electrons. The number of aliphatic imine (C=N–C) groups is 1. The molecule has 5 rings (SSSR count). The van der Waals surface area contributed by atoms with Crippen LogP contribution in [0.4, 0.5) is 5.69 Å². The van der Waals surface area contributed by atoms with Gasteiger partial charge in [-0.2, -0.15) is 0 Å². The predicted molar refractivity (Wildman–Crippen MR) is 116 cm³/mol. The average Bonchev–Trinajstić information content (AvgIpc) is 2.92. The van der Waals surface area contributed by atoms with Crippen LogP contribution in [0.15, 0.2) is 71.7 Å². The molecule has 0 fully saturated rings. The van der Waals surface area contributed by atoms with E-state index in [0.717, 1.165) is 12.0 Å². The van der Waals surface area contributed by atoms with Crippen LogP contribution < -0.4 is 9.47 Å². The maximum Gasteiger partial charge on any atom is 0.257 e. The number of benzene rings is 3. The number of fused-ring (bicyclic) bond motifs is 3. The number of nitrogens with zero attached hydrogens (tertiary/aromatic N) is 2.